The molecule has 8 nitrogen and oxygen atoms in total. The highest BCUT2D eigenvalue weighted by Crippen LogP contribution is 2.44. The summed E-state index contributed by atoms with van der Waals surface area (Å²) in [5.74, 6) is -1.62. The number of carbonyl (C=O) groups is 3. The quantitative estimate of drug-likeness (QED) is 0.678. The molecule has 1 aromatic heterocycles. The normalized spacial score (nSPS) is 14.3. The number of hydrogen-bond donors (Lipinski definition) is 2. The zero-order chi connectivity index (χ0) is 21.5. The van der Waals surface area contributed by atoms with Gasteiger partial charge in [0.1, 0.15) is 13.2 Å². The predicted octanol–water partition coefficient (Wildman–Crippen LogP) is 3.49. The summed E-state index contributed by atoms with van der Waals surface area (Å²) in [7, 11) is 0. The highest BCUT2D eigenvalue weighted by molar-refractivity contribution is 6.08. The monoisotopic (exact) mass is 415 g/mol. The molecule has 1 aliphatic heterocycles. The number of carbonyl (C=O) groups excluding carboxylic acids is 2. The van der Waals surface area contributed by atoms with Gasteiger partial charge < -0.3 is 15.2 Å². The molecule has 0 spiro atoms. The van der Waals surface area contributed by atoms with Crippen LogP contribution in [0, 0.1) is 0 Å². The lowest BCUT2D eigenvalue weighted by molar-refractivity contribution is -0.115. The lowest BCUT2D eigenvalue weighted by atomic mass is 9.98. The van der Waals surface area contributed by atoms with Gasteiger partial charge in [0.2, 0.25) is 5.91 Å². The molecule has 0 saturated carbocycles. The van der Waals surface area contributed by atoms with Crippen molar-refractivity contribution in [3.8, 4) is 11.1 Å². The van der Waals surface area contributed by atoms with Crippen LogP contribution >= 0.6 is 0 Å². The topological polar surface area (TPSA) is 109 Å². The number of anilines is 2. The van der Waals surface area contributed by atoms with Crippen molar-refractivity contribution in [3.63, 3.8) is 0 Å². The van der Waals surface area contributed by atoms with Gasteiger partial charge in [-0.3, -0.25) is 9.69 Å². The minimum atomic E-state index is -1.18. The van der Waals surface area contributed by atoms with E-state index in [9.17, 15) is 19.5 Å². The van der Waals surface area contributed by atoms with Gasteiger partial charge in [0, 0.05) is 12.1 Å². The highest BCUT2D eigenvalue weighted by Gasteiger charge is 2.33. The fourth-order valence-corrected chi connectivity index (χ4v) is 4.11. The number of fused-ring (bicyclic) bond motifs is 4. The van der Waals surface area contributed by atoms with Crippen molar-refractivity contribution in [2.24, 2.45) is 0 Å². The third kappa shape index (κ3) is 3.18. The number of ether oxygens (including phenoxy) is 1. The molecule has 2 amide bonds. The Bertz CT molecular complexity index is 1190. The summed E-state index contributed by atoms with van der Waals surface area (Å²) in [5.41, 5.74) is 4.46. The molecule has 0 radical (unpaired) electrons. The molecule has 0 atom stereocenters. The average molecular weight is 415 g/mol. The number of carboxylic acid groups (broad SMARTS) is 1. The first-order chi connectivity index (χ1) is 15.0. The molecule has 2 aromatic carbocycles. The van der Waals surface area contributed by atoms with E-state index in [0.717, 1.165) is 33.4 Å². The number of rotatable bonds is 3. The molecule has 5 rings (SSSR count). The van der Waals surface area contributed by atoms with Crippen LogP contribution < -0.4 is 10.2 Å². The molecule has 1 aliphatic carbocycles. The summed E-state index contributed by atoms with van der Waals surface area (Å²) in [5, 5.41) is 11.8. The summed E-state index contributed by atoms with van der Waals surface area (Å²) >= 11 is 0. The molecule has 2 heterocycles. The number of pyridine rings is 1. The summed E-state index contributed by atoms with van der Waals surface area (Å²) in [4.78, 5) is 41.3. The largest absolute Gasteiger partial charge is 0.478 e. The second kappa shape index (κ2) is 7.24. The standard InChI is InChI=1S/C23H17N3O5/c27-20-11-26(19-9-13(22(28)29)10-24-21(19)25-20)23(30)31-12-18-16-7-3-1-5-14(16)15-6-2-4-8-17(15)18/h1-10,18H,11-12H2,(H,28,29)(H,24,25,27). The summed E-state index contributed by atoms with van der Waals surface area (Å²) in [6.45, 7) is -0.194. The van der Waals surface area contributed by atoms with E-state index in [4.69, 9.17) is 4.74 Å². The Kier molecular flexibility index (Phi) is 4.39. The van der Waals surface area contributed by atoms with Gasteiger partial charge in [-0.05, 0) is 28.3 Å². The van der Waals surface area contributed by atoms with E-state index in [-0.39, 0.29) is 36.1 Å². The Morgan fingerprint density at radius 3 is 2.39 bits per heavy atom. The van der Waals surface area contributed by atoms with E-state index >= 15 is 0 Å². The van der Waals surface area contributed by atoms with E-state index in [0.29, 0.717) is 0 Å². The number of amides is 2. The van der Waals surface area contributed by atoms with Crippen molar-refractivity contribution in [3.05, 3.63) is 77.5 Å². The fourth-order valence-electron chi connectivity index (χ4n) is 4.11. The Morgan fingerprint density at radius 1 is 1.10 bits per heavy atom. The van der Waals surface area contributed by atoms with Crippen LogP contribution in [0.2, 0.25) is 0 Å². The molecule has 2 N–H and O–H groups in total. The third-order valence-corrected chi connectivity index (χ3v) is 5.52. The first-order valence-corrected chi connectivity index (χ1v) is 9.68. The Hall–Kier alpha value is -4.20. The fraction of sp³-hybridized carbons (Fsp3) is 0.130. The third-order valence-electron chi connectivity index (χ3n) is 5.52. The smallest absolute Gasteiger partial charge is 0.414 e. The molecule has 31 heavy (non-hydrogen) atoms. The molecule has 0 unspecified atom stereocenters. The molecule has 0 bridgehead atoms. The van der Waals surface area contributed by atoms with Gasteiger partial charge in [0.15, 0.2) is 5.82 Å². The molecule has 3 aromatic rings. The molecular formula is C23H17N3O5. The van der Waals surface area contributed by atoms with Crippen molar-refractivity contribution >= 4 is 29.5 Å². The van der Waals surface area contributed by atoms with Crippen LogP contribution in [0.3, 0.4) is 0 Å². The van der Waals surface area contributed by atoms with E-state index in [1.807, 2.05) is 48.5 Å². The van der Waals surface area contributed by atoms with Crippen LogP contribution in [0.25, 0.3) is 11.1 Å². The van der Waals surface area contributed by atoms with Crippen LogP contribution in [0.4, 0.5) is 16.3 Å². The lowest BCUT2D eigenvalue weighted by Crippen LogP contribution is -2.43. The van der Waals surface area contributed by atoms with E-state index in [1.54, 1.807) is 0 Å². The molecule has 2 aliphatic rings. The number of hydrogen-bond acceptors (Lipinski definition) is 5. The zero-order valence-corrected chi connectivity index (χ0v) is 16.2. The van der Waals surface area contributed by atoms with E-state index in [1.165, 1.54) is 6.07 Å². The van der Waals surface area contributed by atoms with Crippen LogP contribution in [0.15, 0.2) is 60.8 Å². The maximum absolute atomic E-state index is 12.9. The van der Waals surface area contributed by atoms with Gasteiger partial charge >= 0.3 is 12.1 Å². The molecule has 0 saturated heterocycles. The van der Waals surface area contributed by atoms with Crippen LogP contribution in [-0.2, 0) is 9.53 Å². The van der Waals surface area contributed by atoms with E-state index < -0.39 is 18.0 Å². The Morgan fingerprint density at radius 2 is 1.74 bits per heavy atom. The predicted molar refractivity (Wildman–Crippen MR) is 112 cm³/mol. The number of nitrogens with one attached hydrogen (secondary N) is 1. The number of nitrogens with zero attached hydrogens (tertiary/aromatic N) is 2. The number of aromatic carboxylic acids is 1. The summed E-state index contributed by atoms with van der Waals surface area (Å²) in [6, 6.07) is 17.3. The van der Waals surface area contributed by atoms with Gasteiger partial charge in [-0.2, -0.15) is 0 Å². The van der Waals surface area contributed by atoms with Gasteiger partial charge in [-0.15, -0.1) is 0 Å². The second-order valence-electron chi connectivity index (χ2n) is 7.34. The first kappa shape index (κ1) is 18.8. The van der Waals surface area contributed by atoms with Crippen molar-refractivity contribution in [2.75, 3.05) is 23.4 Å². The molecule has 0 fully saturated rings. The molecule has 154 valence electrons. The first-order valence-electron chi connectivity index (χ1n) is 9.68. The van der Waals surface area contributed by atoms with Gasteiger partial charge in [0.05, 0.1) is 11.3 Å². The Balaban J connectivity index is 1.41. The highest BCUT2D eigenvalue weighted by atomic mass is 16.6. The molecule has 8 heteroatoms. The van der Waals surface area contributed by atoms with Crippen LogP contribution in [-0.4, -0.2) is 41.2 Å². The summed E-state index contributed by atoms with van der Waals surface area (Å²) < 4.78 is 5.62. The average Bonchev–Trinajstić information content (AvgIpc) is 3.10. The van der Waals surface area contributed by atoms with Crippen molar-refractivity contribution < 1.29 is 24.2 Å². The summed E-state index contributed by atoms with van der Waals surface area (Å²) in [6.07, 6.45) is 0.394. The lowest BCUT2D eigenvalue weighted by Gasteiger charge is -2.28. The second-order valence-corrected chi connectivity index (χ2v) is 7.34. The minimum Gasteiger partial charge on any atom is -0.478 e. The molecular weight excluding hydrogens is 398 g/mol. The maximum Gasteiger partial charge on any atom is 0.414 e. The van der Waals surface area contributed by atoms with Crippen molar-refractivity contribution in [1.29, 1.82) is 0 Å². The maximum atomic E-state index is 12.9. The number of carboxylic acids is 1. The van der Waals surface area contributed by atoms with Gasteiger partial charge in [-0.25, -0.2) is 14.6 Å². The van der Waals surface area contributed by atoms with Crippen molar-refractivity contribution in [1.82, 2.24) is 4.98 Å². The Labute approximate surface area is 177 Å². The van der Waals surface area contributed by atoms with Gasteiger partial charge in [-0.1, -0.05) is 48.5 Å². The van der Waals surface area contributed by atoms with Crippen molar-refractivity contribution in [2.45, 2.75) is 5.92 Å². The number of benzene rings is 2. The van der Waals surface area contributed by atoms with E-state index in [2.05, 4.69) is 10.3 Å². The minimum absolute atomic E-state index is 0.0896. The van der Waals surface area contributed by atoms with Crippen LogP contribution in [0.5, 0.6) is 0 Å². The number of aromatic nitrogens is 1. The zero-order valence-electron chi connectivity index (χ0n) is 16.2. The SMILES string of the molecule is O=C1CN(C(=O)OCC2c3ccccc3-c3ccccc32)c2cc(C(=O)O)cnc2N1. The van der Waals surface area contributed by atoms with Gasteiger partial charge in [0.25, 0.3) is 0 Å². The van der Waals surface area contributed by atoms with Crippen LogP contribution in [0.1, 0.15) is 27.4 Å².